The third-order valence-electron chi connectivity index (χ3n) is 4.75. The molecule has 6 nitrogen and oxygen atoms in total. The lowest BCUT2D eigenvalue weighted by molar-refractivity contribution is 0.0693. The van der Waals surface area contributed by atoms with E-state index in [2.05, 4.69) is 29.3 Å². The van der Waals surface area contributed by atoms with Crippen LogP contribution in [0.2, 0.25) is 0 Å². The maximum absolute atomic E-state index is 12.4. The van der Waals surface area contributed by atoms with Crippen LogP contribution in [0.15, 0.2) is 48.5 Å². The van der Waals surface area contributed by atoms with Gasteiger partial charge in [-0.15, -0.1) is 0 Å². The lowest BCUT2D eigenvalue weighted by Gasteiger charge is -2.23. The summed E-state index contributed by atoms with van der Waals surface area (Å²) in [7, 11) is 1.44. The quantitative estimate of drug-likeness (QED) is 0.605. The molecule has 0 aliphatic carbocycles. The van der Waals surface area contributed by atoms with Gasteiger partial charge in [-0.05, 0) is 43.7 Å². The molecule has 1 N–H and O–H groups in total. The number of benzene rings is 2. The van der Waals surface area contributed by atoms with E-state index in [9.17, 15) is 14.4 Å². The Hall–Kier alpha value is -3.15. The summed E-state index contributed by atoms with van der Waals surface area (Å²) in [6.45, 7) is 4.37. The molecule has 0 fully saturated rings. The van der Waals surface area contributed by atoms with Gasteiger partial charge >= 0.3 is 0 Å². The second-order valence-corrected chi connectivity index (χ2v) is 6.45. The summed E-state index contributed by atoms with van der Waals surface area (Å²) in [5, 5.41) is 2.88. The number of anilines is 1. The van der Waals surface area contributed by atoms with Gasteiger partial charge in [0.25, 0.3) is 17.7 Å². The van der Waals surface area contributed by atoms with Gasteiger partial charge in [0.05, 0.1) is 11.1 Å². The molecule has 1 aliphatic heterocycles. The fraction of sp³-hybridized carbons (Fsp3) is 0.286. The van der Waals surface area contributed by atoms with Crippen molar-refractivity contribution in [3.05, 3.63) is 65.2 Å². The molecule has 0 unspecified atom stereocenters. The molecule has 0 spiro atoms. The van der Waals surface area contributed by atoms with Crippen molar-refractivity contribution in [3.8, 4) is 0 Å². The Morgan fingerprint density at radius 1 is 1.04 bits per heavy atom. The number of imide groups is 1. The van der Waals surface area contributed by atoms with E-state index >= 15 is 0 Å². The van der Waals surface area contributed by atoms with Gasteiger partial charge < -0.3 is 10.2 Å². The molecule has 0 saturated heterocycles. The molecule has 6 heteroatoms. The number of carbonyl (C=O) groups excluding carboxylic acids is 3. The van der Waals surface area contributed by atoms with Gasteiger partial charge in [-0.2, -0.15) is 0 Å². The van der Waals surface area contributed by atoms with Gasteiger partial charge in [0.1, 0.15) is 0 Å². The van der Waals surface area contributed by atoms with E-state index in [1.165, 1.54) is 13.1 Å². The Bertz CT molecular complexity index is 864. The van der Waals surface area contributed by atoms with E-state index in [4.69, 9.17) is 0 Å². The van der Waals surface area contributed by atoms with Gasteiger partial charge in [-0.25, -0.2) is 0 Å². The van der Waals surface area contributed by atoms with E-state index in [-0.39, 0.29) is 23.3 Å². The molecule has 2 aromatic carbocycles. The first-order valence-corrected chi connectivity index (χ1v) is 9.07. The van der Waals surface area contributed by atoms with Gasteiger partial charge in [-0.3, -0.25) is 19.3 Å². The second kappa shape index (κ2) is 8.03. The number of carbonyl (C=O) groups is 3. The zero-order valence-electron chi connectivity index (χ0n) is 15.6. The highest BCUT2D eigenvalue weighted by Gasteiger charge is 2.33. The summed E-state index contributed by atoms with van der Waals surface area (Å²) in [5.41, 5.74) is 2.19. The molecule has 2 aromatic rings. The fourth-order valence-electron chi connectivity index (χ4n) is 3.19. The number of fused-ring (bicyclic) bond motifs is 1. The first-order chi connectivity index (χ1) is 13.0. The monoisotopic (exact) mass is 365 g/mol. The van der Waals surface area contributed by atoms with Crippen LogP contribution in [0.4, 0.5) is 5.69 Å². The Balaban J connectivity index is 1.55. The molecule has 1 heterocycles. The van der Waals surface area contributed by atoms with Gasteiger partial charge in [-0.1, -0.05) is 18.2 Å². The maximum atomic E-state index is 12.4. The van der Waals surface area contributed by atoms with Crippen molar-refractivity contribution < 1.29 is 14.4 Å². The van der Waals surface area contributed by atoms with Crippen LogP contribution in [-0.4, -0.2) is 49.3 Å². The van der Waals surface area contributed by atoms with Crippen LogP contribution in [0.5, 0.6) is 0 Å². The van der Waals surface area contributed by atoms with E-state index in [0.717, 1.165) is 30.1 Å². The highest BCUT2D eigenvalue weighted by atomic mass is 16.2. The van der Waals surface area contributed by atoms with E-state index in [1.807, 2.05) is 18.2 Å². The third-order valence-corrected chi connectivity index (χ3v) is 4.75. The van der Waals surface area contributed by atoms with Crippen molar-refractivity contribution >= 4 is 23.4 Å². The average Bonchev–Trinajstić information content (AvgIpc) is 2.92. The van der Waals surface area contributed by atoms with Crippen LogP contribution in [0, 0.1) is 0 Å². The first kappa shape index (κ1) is 18.6. The Morgan fingerprint density at radius 2 is 1.74 bits per heavy atom. The van der Waals surface area contributed by atoms with Crippen molar-refractivity contribution in [2.75, 3.05) is 31.6 Å². The van der Waals surface area contributed by atoms with Crippen LogP contribution in [0.1, 0.15) is 44.4 Å². The topological polar surface area (TPSA) is 69.7 Å². The summed E-state index contributed by atoms with van der Waals surface area (Å²) in [6.07, 6.45) is 0.805. The predicted molar refractivity (Wildman–Crippen MR) is 104 cm³/mol. The largest absolute Gasteiger partial charge is 0.372 e. The number of nitrogens with one attached hydrogen (secondary N) is 1. The lowest BCUT2D eigenvalue weighted by Crippen LogP contribution is -2.30. The van der Waals surface area contributed by atoms with Gasteiger partial charge in [0, 0.05) is 37.9 Å². The molecule has 0 radical (unpaired) electrons. The fourth-order valence-corrected chi connectivity index (χ4v) is 3.19. The predicted octanol–water partition coefficient (Wildman–Crippen LogP) is 2.56. The standard InChI is InChI=1S/C21H23N3O3/c1-3-24(16-8-5-4-6-9-16)13-7-12-22-19(25)15-10-11-17-18(14-15)21(27)23(2)20(17)26/h4-6,8-11,14H,3,7,12-13H2,1-2H3,(H,22,25). The molecule has 0 atom stereocenters. The Kier molecular flexibility index (Phi) is 5.54. The van der Waals surface area contributed by atoms with Crippen molar-refractivity contribution in [3.63, 3.8) is 0 Å². The van der Waals surface area contributed by atoms with Crippen molar-refractivity contribution in [2.45, 2.75) is 13.3 Å². The number of nitrogens with zero attached hydrogens (tertiary/aromatic N) is 2. The molecular formula is C21H23N3O3. The summed E-state index contributed by atoms with van der Waals surface area (Å²) in [5.74, 6) is -0.941. The highest BCUT2D eigenvalue weighted by molar-refractivity contribution is 6.21. The maximum Gasteiger partial charge on any atom is 0.261 e. The van der Waals surface area contributed by atoms with Crippen LogP contribution in [-0.2, 0) is 0 Å². The van der Waals surface area contributed by atoms with Crippen molar-refractivity contribution in [1.82, 2.24) is 10.2 Å². The van der Waals surface area contributed by atoms with Crippen LogP contribution in [0.3, 0.4) is 0 Å². The zero-order valence-corrected chi connectivity index (χ0v) is 15.6. The smallest absolute Gasteiger partial charge is 0.261 e. The minimum Gasteiger partial charge on any atom is -0.372 e. The molecular weight excluding hydrogens is 342 g/mol. The summed E-state index contributed by atoms with van der Waals surface area (Å²) >= 11 is 0. The first-order valence-electron chi connectivity index (χ1n) is 9.07. The summed E-state index contributed by atoms with van der Waals surface area (Å²) in [6, 6.07) is 14.8. The normalized spacial score (nSPS) is 12.9. The van der Waals surface area contributed by atoms with Crippen LogP contribution < -0.4 is 10.2 Å². The van der Waals surface area contributed by atoms with Crippen molar-refractivity contribution in [2.24, 2.45) is 0 Å². The molecule has 27 heavy (non-hydrogen) atoms. The molecule has 3 amide bonds. The molecule has 0 aromatic heterocycles. The van der Waals surface area contributed by atoms with E-state index in [1.54, 1.807) is 12.1 Å². The molecule has 140 valence electrons. The van der Waals surface area contributed by atoms with Gasteiger partial charge in [0.2, 0.25) is 0 Å². The van der Waals surface area contributed by atoms with E-state index in [0.29, 0.717) is 17.7 Å². The minimum atomic E-state index is -0.369. The number of amides is 3. The Labute approximate surface area is 158 Å². The van der Waals surface area contributed by atoms with Crippen LogP contribution in [0.25, 0.3) is 0 Å². The Morgan fingerprint density at radius 3 is 2.44 bits per heavy atom. The number of hydrogen-bond acceptors (Lipinski definition) is 4. The molecule has 1 aliphatic rings. The average molecular weight is 365 g/mol. The van der Waals surface area contributed by atoms with Crippen LogP contribution >= 0.6 is 0 Å². The summed E-state index contributed by atoms with van der Waals surface area (Å²) < 4.78 is 0. The second-order valence-electron chi connectivity index (χ2n) is 6.45. The molecule has 3 rings (SSSR count). The molecule has 0 bridgehead atoms. The van der Waals surface area contributed by atoms with Crippen molar-refractivity contribution in [1.29, 1.82) is 0 Å². The molecule has 0 saturated carbocycles. The third kappa shape index (κ3) is 3.84. The lowest BCUT2D eigenvalue weighted by atomic mass is 10.1. The zero-order chi connectivity index (χ0) is 19.4. The van der Waals surface area contributed by atoms with E-state index < -0.39 is 0 Å². The number of hydrogen-bond donors (Lipinski definition) is 1. The minimum absolute atomic E-state index is 0.240. The van der Waals surface area contributed by atoms with Gasteiger partial charge in [0.15, 0.2) is 0 Å². The summed E-state index contributed by atoms with van der Waals surface area (Å²) in [4.78, 5) is 39.6. The number of rotatable bonds is 7. The highest BCUT2D eigenvalue weighted by Crippen LogP contribution is 2.22. The SMILES string of the molecule is CCN(CCCNC(=O)c1ccc2c(c1)C(=O)N(C)C2=O)c1ccccc1. The number of para-hydroxylation sites is 1.